The molecule has 0 spiro atoms. The van der Waals surface area contributed by atoms with Crippen LogP contribution in [-0.2, 0) is 24.2 Å². The molecule has 0 aliphatic carbocycles. The first-order valence-electron chi connectivity index (χ1n) is 12.9. The number of rotatable bonds is 5. The van der Waals surface area contributed by atoms with Crippen LogP contribution in [0.15, 0.2) is 18.2 Å². The van der Waals surface area contributed by atoms with E-state index in [1.807, 2.05) is 33.8 Å². The Labute approximate surface area is 233 Å². The van der Waals surface area contributed by atoms with Crippen molar-refractivity contribution in [3.63, 3.8) is 0 Å². The van der Waals surface area contributed by atoms with E-state index < -0.39 is 5.60 Å². The summed E-state index contributed by atoms with van der Waals surface area (Å²) < 4.78 is 5.52. The number of hydrogen-bond acceptors (Lipinski definition) is 7. The van der Waals surface area contributed by atoms with Crippen LogP contribution in [0, 0.1) is 0 Å². The van der Waals surface area contributed by atoms with Gasteiger partial charge in [-0.25, -0.2) is 14.6 Å². The number of amides is 3. The Morgan fingerprint density at radius 2 is 1.79 bits per heavy atom. The van der Waals surface area contributed by atoms with E-state index in [0.717, 1.165) is 16.8 Å². The average molecular weight is 565 g/mol. The molecule has 206 valence electrons. The van der Waals surface area contributed by atoms with E-state index in [2.05, 4.69) is 15.5 Å². The molecule has 2 aromatic rings. The van der Waals surface area contributed by atoms with Crippen molar-refractivity contribution in [1.82, 2.24) is 25.1 Å². The third-order valence-corrected chi connectivity index (χ3v) is 6.93. The molecule has 10 nitrogen and oxygen atoms in total. The highest BCUT2D eigenvalue weighted by Crippen LogP contribution is 2.29. The zero-order chi connectivity index (χ0) is 27.4. The number of urea groups is 1. The number of benzene rings is 1. The van der Waals surface area contributed by atoms with E-state index in [4.69, 9.17) is 37.9 Å². The van der Waals surface area contributed by atoms with Gasteiger partial charge in [0, 0.05) is 67.8 Å². The molecule has 2 aliphatic rings. The highest BCUT2D eigenvalue weighted by molar-refractivity contribution is 6.35. The van der Waals surface area contributed by atoms with Crippen molar-refractivity contribution in [2.75, 3.05) is 49.5 Å². The molecule has 0 radical (unpaired) electrons. The molecular weight excluding hydrogens is 529 g/mol. The van der Waals surface area contributed by atoms with Crippen molar-refractivity contribution in [1.29, 1.82) is 0 Å². The summed E-state index contributed by atoms with van der Waals surface area (Å²) in [6, 6.07) is 5.28. The Morgan fingerprint density at radius 1 is 1.05 bits per heavy atom. The average Bonchev–Trinajstić information content (AvgIpc) is 2.87. The fraction of sp³-hybridized carbons (Fsp3) is 0.538. The van der Waals surface area contributed by atoms with Crippen LogP contribution in [0.5, 0.6) is 0 Å². The Bertz CT molecular complexity index is 1180. The Kier molecular flexibility index (Phi) is 8.72. The number of ether oxygens (including phenoxy) is 1. The highest BCUT2D eigenvalue weighted by atomic mass is 35.5. The molecule has 0 bridgehead atoms. The predicted molar refractivity (Wildman–Crippen MR) is 149 cm³/mol. The normalized spacial score (nSPS) is 15.7. The first-order valence-corrected chi connectivity index (χ1v) is 13.6. The molecule has 1 aromatic heterocycles. The minimum atomic E-state index is -0.536. The van der Waals surface area contributed by atoms with Gasteiger partial charge < -0.3 is 30.1 Å². The number of carbonyl (C=O) groups is 2. The fourth-order valence-electron chi connectivity index (χ4n) is 4.38. The van der Waals surface area contributed by atoms with E-state index in [-0.39, 0.29) is 12.1 Å². The van der Waals surface area contributed by atoms with Crippen LogP contribution in [0.2, 0.25) is 10.0 Å². The number of anilines is 2. The first kappa shape index (κ1) is 28.0. The third kappa shape index (κ3) is 6.91. The van der Waals surface area contributed by atoms with E-state index in [9.17, 15) is 9.59 Å². The molecule has 38 heavy (non-hydrogen) atoms. The van der Waals surface area contributed by atoms with Crippen LogP contribution >= 0.6 is 23.2 Å². The number of nitrogens with zero attached hydrogens (tertiary/aromatic N) is 5. The fourth-order valence-corrected chi connectivity index (χ4v) is 4.86. The second-order valence-corrected chi connectivity index (χ2v) is 11.2. The summed E-state index contributed by atoms with van der Waals surface area (Å²) in [7, 11) is 0. The summed E-state index contributed by atoms with van der Waals surface area (Å²) >= 11 is 12.5. The van der Waals surface area contributed by atoms with Gasteiger partial charge in [-0.3, -0.25) is 0 Å². The number of halogens is 2. The quantitative estimate of drug-likeness (QED) is 0.550. The highest BCUT2D eigenvalue weighted by Gasteiger charge is 2.30. The monoisotopic (exact) mass is 563 g/mol. The summed E-state index contributed by atoms with van der Waals surface area (Å²) in [5.41, 5.74) is 2.15. The maximum Gasteiger partial charge on any atom is 0.410 e. The molecule has 12 heteroatoms. The summed E-state index contributed by atoms with van der Waals surface area (Å²) in [5.74, 6) is 1.27. The van der Waals surface area contributed by atoms with E-state index in [1.54, 1.807) is 21.9 Å². The van der Waals surface area contributed by atoms with Gasteiger partial charge in [0.25, 0.3) is 0 Å². The zero-order valence-electron chi connectivity index (χ0n) is 22.3. The molecule has 0 saturated carbocycles. The van der Waals surface area contributed by atoms with Gasteiger partial charge in [-0.05, 0) is 45.4 Å². The van der Waals surface area contributed by atoms with E-state index >= 15 is 0 Å². The molecule has 3 amide bonds. The van der Waals surface area contributed by atoms with Gasteiger partial charge in [-0.15, -0.1) is 0 Å². The van der Waals surface area contributed by atoms with E-state index in [0.29, 0.717) is 80.6 Å². The number of carbonyl (C=O) groups excluding carboxylic acids is 2. The lowest BCUT2D eigenvalue weighted by Crippen LogP contribution is -2.50. The number of fused-ring (bicyclic) bond motifs is 1. The molecule has 2 N–H and O–H groups in total. The van der Waals surface area contributed by atoms with Crippen LogP contribution in [0.3, 0.4) is 0 Å². The molecule has 4 rings (SSSR count). The van der Waals surface area contributed by atoms with Crippen LogP contribution < -0.4 is 15.5 Å². The van der Waals surface area contributed by atoms with Gasteiger partial charge in [0.1, 0.15) is 11.4 Å². The van der Waals surface area contributed by atoms with Crippen molar-refractivity contribution < 1.29 is 14.3 Å². The van der Waals surface area contributed by atoms with Gasteiger partial charge >= 0.3 is 12.1 Å². The maximum atomic E-state index is 12.5. The summed E-state index contributed by atoms with van der Waals surface area (Å²) in [6.45, 7) is 11.7. The SMILES string of the molecule is CCNC(=O)N1CCc2nc(N3CCN(C(=O)OC(C)(C)C)CC3)nc(NCc3ccc(Cl)cc3Cl)c2C1. The van der Waals surface area contributed by atoms with Gasteiger partial charge in [0.15, 0.2) is 0 Å². The molecule has 0 atom stereocenters. The molecule has 2 aliphatic heterocycles. The van der Waals surface area contributed by atoms with Crippen molar-refractivity contribution >= 4 is 47.1 Å². The van der Waals surface area contributed by atoms with Crippen molar-refractivity contribution in [3.05, 3.63) is 45.1 Å². The third-order valence-electron chi connectivity index (χ3n) is 6.34. The lowest BCUT2D eigenvalue weighted by molar-refractivity contribution is 0.0240. The number of piperazine rings is 1. The molecule has 1 saturated heterocycles. The number of hydrogen-bond donors (Lipinski definition) is 2. The maximum absolute atomic E-state index is 12.5. The topological polar surface area (TPSA) is 103 Å². The molecule has 1 fully saturated rings. The van der Waals surface area contributed by atoms with Gasteiger partial charge in [0.2, 0.25) is 5.95 Å². The smallest absolute Gasteiger partial charge is 0.410 e. The summed E-state index contributed by atoms with van der Waals surface area (Å²) in [5, 5.41) is 7.43. The summed E-state index contributed by atoms with van der Waals surface area (Å²) in [6.07, 6.45) is 0.312. The van der Waals surface area contributed by atoms with Crippen molar-refractivity contribution in [3.8, 4) is 0 Å². The van der Waals surface area contributed by atoms with Crippen LogP contribution in [0.4, 0.5) is 21.4 Å². The number of aromatic nitrogens is 2. The Hall–Kier alpha value is -2.98. The zero-order valence-corrected chi connectivity index (χ0v) is 23.8. The first-order chi connectivity index (χ1) is 18.0. The molecular formula is C26H35Cl2N7O3. The van der Waals surface area contributed by atoms with Crippen molar-refractivity contribution in [2.24, 2.45) is 0 Å². The standard InChI is InChI=1S/C26H35Cl2N7O3/c1-5-29-24(36)35-9-8-21-19(16-35)22(30-15-17-6-7-18(27)14-20(17)28)32-23(31-21)33-10-12-34(13-11-33)25(37)38-26(2,3)4/h6-7,14H,5,8-13,15-16H2,1-4H3,(H,29,36)(H,30,31,32). The lowest BCUT2D eigenvalue weighted by atomic mass is 10.1. The minimum Gasteiger partial charge on any atom is -0.444 e. The molecule has 0 unspecified atom stereocenters. The second-order valence-electron chi connectivity index (χ2n) is 10.3. The van der Waals surface area contributed by atoms with Crippen molar-refractivity contribution in [2.45, 2.75) is 52.8 Å². The van der Waals surface area contributed by atoms with Crippen LogP contribution in [0.25, 0.3) is 0 Å². The van der Waals surface area contributed by atoms with Gasteiger partial charge in [-0.2, -0.15) is 4.98 Å². The van der Waals surface area contributed by atoms with Crippen LogP contribution in [0.1, 0.15) is 44.5 Å². The minimum absolute atomic E-state index is 0.104. The Balaban J connectivity index is 1.55. The van der Waals surface area contributed by atoms with E-state index in [1.165, 1.54) is 0 Å². The molecule has 1 aromatic carbocycles. The number of nitrogens with one attached hydrogen (secondary N) is 2. The predicted octanol–water partition coefficient (Wildman–Crippen LogP) is 4.54. The van der Waals surface area contributed by atoms with Gasteiger partial charge in [0.05, 0.1) is 12.2 Å². The van der Waals surface area contributed by atoms with Crippen LogP contribution in [-0.4, -0.2) is 76.8 Å². The van der Waals surface area contributed by atoms with Gasteiger partial charge in [-0.1, -0.05) is 29.3 Å². The summed E-state index contributed by atoms with van der Waals surface area (Å²) in [4.78, 5) is 40.4. The largest absolute Gasteiger partial charge is 0.444 e. The second kappa shape index (κ2) is 11.8. The lowest BCUT2D eigenvalue weighted by Gasteiger charge is -2.36. The molecule has 3 heterocycles. The Morgan fingerprint density at radius 3 is 2.45 bits per heavy atom.